The minimum atomic E-state index is -1.00. The first-order chi connectivity index (χ1) is 12.9. The van der Waals surface area contributed by atoms with Crippen molar-refractivity contribution in [2.45, 2.75) is 44.9 Å². The lowest BCUT2D eigenvalue weighted by atomic mass is 9.76. The maximum atomic E-state index is 13.6. The van der Waals surface area contributed by atoms with Crippen molar-refractivity contribution in [3.8, 4) is 0 Å². The van der Waals surface area contributed by atoms with E-state index in [0.717, 1.165) is 31.2 Å². The molecule has 1 atom stereocenters. The first-order valence-corrected chi connectivity index (χ1v) is 10.0. The van der Waals surface area contributed by atoms with Crippen molar-refractivity contribution in [1.29, 1.82) is 0 Å². The number of carboxylic acid groups (broad SMARTS) is 1. The molecule has 1 aromatic rings. The van der Waals surface area contributed by atoms with Crippen LogP contribution < -0.4 is 0 Å². The smallest absolute Gasteiger partial charge is 0.313 e. The van der Waals surface area contributed by atoms with E-state index < -0.39 is 16.8 Å². The van der Waals surface area contributed by atoms with Gasteiger partial charge >= 0.3 is 5.97 Å². The summed E-state index contributed by atoms with van der Waals surface area (Å²) in [6.07, 6.45) is 5.64. The van der Waals surface area contributed by atoms with Gasteiger partial charge in [-0.2, -0.15) is 0 Å². The van der Waals surface area contributed by atoms with Crippen LogP contribution in [0.2, 0.25) is 5.02 Å². The van der Waals surface area contributed by atoms with Crippen molar-refractivity contribution in [2.75, 3.05) is 26.8 Å². The number of methoxy groups -OCH3 is 1. The number of carbonyl (C=O) groups excluding carboxylic acids is 1. The summed E-state index contributed by atoms with van der Waals surface area (Å²) in [4.78, 5) is 27.3. The monoisotopic (exact) mass is 393 g/mol. The Bertz CT molecular complexity index is 697. The van der Waals surface area contributed by atoms with Crippen molar-refractivity contribution in [1.82, 2.24) is 4.90 Å². The van der Waals surface area contributed by atoms with Crippen molar-refractivity contribution in [3.05, 3.63) is 34.9 Å². The fraction of sp³-hybridized carbons (Fsp3) is 0.619. The van der Waals surface area contributed by atoms with Crippen LogP contribution in [0.3, 0.4) is 0 Å². The molecule has 2 fully saturated rings. The highest BCUT2D eigenvalue weighted by Gasteiger charge is 2.49. The van der Waals surface area contributed by atoms with Crippen LogP contribution in [-0.4, -0.2) is 48.7 Å². The average Bonchev–Trinajstić information content (AvgIpc) is 3.11. The highest BCUT2D eigenvalue weighted by atomic mass is 35.5. The summed E-state index contributed by atoms with van der Waals surface area (Å²) in [5.74, 6) is -0.779. The maximum Gasteiger partial charge on any atom is 0.313 e. The van der Waals surface area contributed by atoms with Gasteiger partial charge in [0.25, 0.3) is 0 Å². The maximum absolute atomic E-state index is 13.6. The molecule has 3 rings (SSSR count). The lowest BCUT2D eigenvalue weighted by molar-refractivity contribution is -0.161. The third-order valence-corrected chi connectivity index (χ3v) is 6.42. The summed E-state index contributed by atoms with van der Waals surface area (Å²) >= 11 is 6.14. The molecule has 0 aromatic heterocycles. The molecule has 0 radical (unpaired) electrons. The highest BCUT2D eigenvalue weighted by Crippen LogP contribution is 2.44. The van der Waals surface area contributed by atoms with Crippen LogP contribution in [0.4, 0.5) is 0 Å². The summed E-state index contributed by atoms with van der Waals surface area (Å²) in [6, 6.07) is 7.70. The Labute approximate surface area is 165 Å². The van der Waals surface area contributed by atoms with E-state index in [2.05, 4.69) is 0 Å². The van der Waals surface area contributed by atoms with E-state index in [1.54, 1.807) is 4.90 Å². The fourth-order valence-electron chi connectivity index (χ4n) is 4.83. The number of hydrogen-bond donors (Lipinski definition) is 1. The second-order valence-corrected chi connectivity index (χ2v) is 8.58. The molecule has 27 heavy (non-hydrogen) atoms. The topological polar surface area (TPSA) is 66.8 Å². The summed E-state index contributed by atoms with van der Waals surface area (Å²) in [5, 5.41) is 10.5. The van der Waals surface area contributed by atoms with Gasteiger partial charge in [0, 0.05) is 25.2 Å². The second-order valence-electron chi connectivity index (χ2n) is 8.14. The molecule has 5 nitrogen and oxygen atoms in total. The lowest BCUT2D eigenvalue weighted by Crippen LogP contribution is -2.55. The van der Waals surface area contributed by atoms with Crippen LogP contribution in [0.25, 0.3) is 0 Å². The predicted molar refractivity (Wildman–Crippen MR) is 104 cm³/mol. The Morgan fingerprint density at radius 3 is 2.52 bits per heavy atom. The molecular weight excluding hydrogens is 366 g/mol. The Morgan fingerprint density at radius 1 is 1.19 bits per heavy atom. The number of amides is 1. The van der Waals surface area contributed by atoms with E-state index in [1.165, 1.54) is 7.11 Å². The zero-order chi connectivity index (χ0) is 19.5. The lowest BCUT2D eigenvalue weighted by Gasteiger charge is -2.43. The molecule has 1 saturated heterocycles. The van der Waals surface area contributed by atoms with E-state index in [0.29, 0.717) is 30.8 Å². The number of carboxylic acids is 1. The zero-order valence-corrected chi connectivity index (χ0v) is 16.6. The Kier molecular flexibility index (Phi) is 6.11. The number of benzene rings is 1. The molecule has 148 valence electrons. The molecule has 1 aliphatic carbocycles. The van der Waals surface area contributed by atoms with Crippen LogP contribution in [0.1, 0.15) is 44.1 Å². The van der Waals surface area contributed by atoms with Gasteiger partial charge in [-0.15, -0.1) is 0 Å². The molecule has 1 amide bonds. The van der Waals surface area contributed by atoms with Gasteiger partial charge in [0.05, 0.1) is 12.0 Å². The van der Waals surface area contributed by atoms with Gasteiger partial charge in [0.15, 0.2) is 0 Å². The van der Waals surface area contributed by atoms with E-state index in [1.807, 2.05) is 24.3 Å². The summed E-state index contributed by atoms with van der Waals surface area (Å²) in [7, 11) is 1.52. The van der Waals surface area contributed by atoms with Gasteiger partial charge in [0.1, 0.15) is 5.41 Å². The van der Waals surface area contributed by atoms with Gasteiger partial charge in [-0.05, 0) is 49.8 Å². The molecule has 1 unspecified atom stereocenters. The van der Waals surface area contributed by atoms with Crippen LogP contribution in [-0.2, 0) is 20.7 Å². The van der Waals surface area contributed by atoms with E-state index in [-0.39, 0.29) is 19.1 Å². The molecule has 1 heterocycles. The number of hydrogen-bond acceptors (Lipinski definition) is 3. The third-order valence-electron chi connectivity index (χ3n) is 6.18. The Hall–Kier alpha value is -1.59. The quantitative estimate of drug-likeness (QED) is 0.798. The number of carbonyl (C=O) groups is 2. The standard InChI is InChI=1S/C21H28ClNO4/c1-27-15-21(19(25)26)10-5-11-23(14-21)18(24)20(8-2-3-9-20)13-16-6-4-7-17(22)12-16/h4,6-7,12H,2-3,5,8-11,13-15H2,1H3,(H,25,26). The number of ether oxygens (including phenoxy) is 1. The first kappa shape index (κ1) is 20.2. The minimum Gasteiger partial charge on any atom is -0.481 e. The van der Waals surface area contributed by atoms with Gasteiger partial charge in [-0.3, -0.25) is 9.59 Å². The molecular formula is C21H28ClNO4. The molecule has 2 aliphatic rings. The second kappa shape index (κ2) is 8.19. The molecule has 1 aliphatic heterocycles. The molecule has 1 aromatic carbocycles. The van der Waals surface area contributed by atoms with Crippen LogP contribution in [0.5, 0.6) is 0 Å². The summed E-state index contributed by atoms with van der Waals surface area (Å²) in [5.41, 5.74) is -0.381. The van der Waals surface area contributed by atoms with Crippen molar-refractivity contribution >= 4 is 23.5 Å². The van der Waals surface area contributed by atoms with Gasteiger partial charge in [-0.1, -0.05) is 36.6 Å². The van der Waals surface area contributed by atoms with Gasteiger partial charge in [0.2, 0.25) is 5.91 Å². The molecule has 6 heteroatoms. The third kappa shape index (κ3) is 4.14. The molecule has 1 saturated carbocycles. The van der Waals surface area contributed by atoms with Crippen LogP contribution in [0.15, 0.2) is 24.3 Å². The van der Waals surface area contributed by atoms with Crippen molar-refractivity contribution in [2.24, 2.45) is 10.8 Å². The largest absolute Gasteiger partial charge is 0.481 e. The van der Waals surface area contributed by atoms with Crippen molar-refractivity contribution in [3.63, 3.8) is 0 Å². The minimum absolute atomic E-state index is 0.0985. The number of halogens is 1. The predicted octanol–water partition coefficient (Wildman–Crippen LogP) is 3.78. The number of aliphatic carboxylic acids is 1. The normalized spacial score (nSPS) is 24.7. The van der Waals surface area contributed by atoms with Crippen LogP contribution >= 0.6 is 11.6 Å². The fourth-order valence-corrected chi connectivity index (χ4v) is 5.04. The zero-order valence-electron chi connectivity index (χ0n) is 15.9. The number of nitrogens with zero attached hydrogens (tertiary/aromatic N) is 1. The van der Waals surface area contributed by atoms with E-state index in [9.17, 15) is 14.7 Å². The summed E-state index contributed by atoms with van der Waals surface area (Å²) in [6.45, 7) is 0.981. The van der Waals surface area contributed by atoms with Crippen LogP contribution in [0, 0.1) is 10.8 Å². The van der Waals surface area contributed by atoms with Gasteiger partial charge < -0.3 is 14.7 Å². The Balaban J connectivity index is 1.83. The molecule has 1 N–H and O–H groups in total. The van der Waals surface area contributed by atoms with Crippen molar-refractivity contribution < 1.29 is 19.4 Å². The number of piperidine rings is 1. The number of likely N-dealkylation sites (tertiary alicyclic amines) is 1. The SMILES string of the molecule is COCC1(C(=O)O)CCCN(C(=O)C2(Cc3cccc(Cl)c3)CCCC2)C1. The molecule has 0 spiro atoms. The average molecular weight is 394 g/mol. The highest BCUT2D eigenvalue weighted by molar-refractivity contribution is 6.30. The van der Waals surface area contributed by atoms with E-state index in [4.69, 9.17) is 16.3 Å². The first-order valence-electron chi connectivity index (χ1n) is 9.67. The van der Waals surface area contributed by atoms with E-state index >= 15 is 0 Å². The van der Waals surface area contributed by atoms with Gasteiger partial charge in [-0.25, -0.2) is 0 Å². The number of rotatable bonds is 6. The summed E-state index contributed by atoms with van der Waals surface area (Å²) < 4.78 is 5.20. The molecule has 0 bridgehead atoms. The Morgan fingerprint density at radius 2 is 1.89 bits per heavy atom.